The Kier molecular flexibility index (Phi) is 43.6. The normalized spacial score (nSPS) is 20.1. The molecule has 1 heterocycles. The van der Waals surface area contributed by atoms with E-state index in [1.165, 1.54) is 193 Å². The highest BCUT2D eigenvalue weighted by atomic mass is 16.7. The summed E-state index contributed by atoms with van der Waals surface area (Å²) in [6.07, 6.45) is 52.1. The second-order valence-electron chi connectivity index (χ2n) is 19.4. The molecule has 0 radical (unpaired) electrons. The highest BCUT2D eigenvalue weighted by Gasteiger charge is 2.44. The molecule has 65 heavy (non-hydrogen) atoms. The third kappa shape index (κ3) is 36.1. The Morgan fingerprint density at radius 1 is 0.508 bits per heavy atom. The summed E-state index contributed by atoms with van der Waals surface area (Å²) in [4.78, 5) is 13.0. The lowest BCUT2D eigenvalue weighted by Crippen LogP contribution is -2.60. The van der Waals surface area contributed by atoms with Crippen LogP contribution in [0.4, 0.5) is 0 Å². The van der Waals surface area contributed by atoms with Gasteiger partial charge in [0.1, 0.15) is 24.4 Å². The van der Waals surface area contributed by atoms with Crippen molar-refractivity contribution in [1.82, 2.24) is 5.32 Å². The molecule has 1 aliphatic rings. The number of allylic oxidation sites excluding steroid dienone is 5. The lowest BCUT2D eigenvalue weighted by molar-refractivity contribution is -0.302. The predicted octanol–water partition coefficient (Wildman–Crippen LogP) is 13.2. The van der Waals surface area contributed by atoms with E-state index in [1.54, 1.807) is 6.08 Å². The molecule has 1 saturated heterocycles. The molecule has 0 spiro atoms. The van der Waals surface area contributed by atoms with Crippen LogP contribution in [0.3, 0.4) is 0 Å². The molecular formula is C56H105NO8. The van der Waals surface area contributed by atoms with Crippen molar-refractivity contribution in [3.05, 3.63) is 36.5 Å². The van der Waals surface area contributed by atoms with Crippen LogP contribution in [-0.4, -0.2) is 87.5 Å². The average Bonchev–Trinajstić information content (AvgIpc) is 3.31. The van der Waals surface area contributed by atoms with Gasteiger partial charge in [-0.05, 0) is 44.9 Å². The van der Waals surface area contributed by atoms with Gasteiger partial charge in [-0.2, -0.15) is 0 Å². The average molecular weight is 920 g/mol. The minimum Gasteiger partial charge on any atom is -0.394 e. The van der Waals surface area contributed by atoms with E-state index in [0.717, 1.165) is 44.9 Å². The number of nitrogens with one attached hydrogen (secondary N) is 1. The van der Waals surface area contributed by atoms with Crippen molar-refractivity contribution in [3.63, 3.8) is 0 Å². The summed E-state index contributed by atoms with van der Waals surface area (Å²) in [5.41, 5.74) is 0. The van der Waals surface area contributed by atoms with Crippen molar-refractivity contribution < 1.29 is 39.8 Å². The molecule has 1 aliphatic heterocycles. The van der Waals surface area contributed by atoms with Gasteiger partial charge in [0, 0.05) is 6.42 Å². The molecule has 0 aromatic heterocycles. The van der Waals surface area contributed by atoms with Crippen molar-refractivity contribution in [2.24, 2.45) is 0 Å². The van der Waals surface area contributed by atoms with Gasteiger partial charge < -0.3 is 40.3 Å². The van der Waals surface area contributed by atoms with Gasteiger partial charge in [-0.25, -0.2) is 0 Å². The molecule has 6 N–H and O–H groups in total. The zero-order chi connectivity index (χ0) is 47.3. The minimum absolute atomic E-state index is 0.188. The number of ether oxygens (including phenoxy) is 2. The van der Waals surface area contributed by atoms with E-state index < -0.39 is 49.5 Å². The van der Waals surface area contributed by atoms with E-state index in [-0.39, 0.29) is 12.5 Å². The van der Waals surface area contributed by atoms with Gasteiger partial charge in [0.05, 0.1) is 25.4 Å². The highest BCUT2D eigenvalue weighted by Crippen LogP contribution is 2.23. The van der Waals surface area contributed by atoms with Crippen LogP contribution in [0.25, 0.3) is 0 Å². The molecule has 0 aromatic rings. The molecule has 0 aliphatic carbocycles. The van der Waals surface area contributed by atoms with Crippen molar-refractivity contribution in [2.75, 3.05) is 13.2 Å². The number of aliphatic hydroxyl groups is 5. The number of aliphatic hydroxyl groups excluding tert-OH is 5. The Balaban J connectivity index is 2.27. The summed E-state index contributed by atoms with van der Waals surface area (Å²) >= 11 is 0. The second-order valence-corrected chi connectivity index (χ2v) is 19.4. The van der Waals surface area contributed by atoms with Gasteiger partial charge in [-0.1, -0.05) is 243 Å². The molecule has 7 unspecified atom stereocenters. The molecule has 9 heteroatoms. The van der Waals surface area contributed by atoms with Crippen LogP contribution in [0.1, 0.15) is 258 Å². The quantitative estimate of drug-likeness (QED) is 0.0261. The molecule has 0 bridgehead atoms. The molecule has 0 aromatic carbocycles. The Morgan fingerprint density at radius 3 is 1.29 bits per heavy atom. The van der Waals surface area contributed by atoms with Gasteiger partial charge in [0.15, 0.2) is 6.29 Å². The van der Waals surface area contributed by atoms with Crippen molar-refractivity contribution >= 4 is 5.91 Å². The van der Waals surface area contributed by atoms with Crippen LogP contribution in [-0.2, 0) is 14.3 Å². The monoisotopic (exact) mass is 920 g/mol. The third-order valence-corrected chi connectivity index (χ3v) is 13.2. The molecule has 382 valence electrons. The van der Waals surface area contributed by atoms with E-state index in [4.69, 9.17) is 9.47 Å². The number of hydrogen-bond acceptors (Lipinski definition) is 8. The van der Waals surface area contributed by atoms with E-state index in [0.29, 0.717) is 6.42 Å². The van der Waals surface area contributed by atoms with Crippen molar-refractivity contribution in [2.45, 2.75) is 301 Å². The number of hydrogen-bond donors (Lipinski definition) is 6. The van der Waals surface area contributed by atoms with Crippen molar-refractivity contribution in [1.29, 1.82) is 0 Å². The molecule has 1 amide bonds. The summed E-state index contributed by atoms with van der Waals surface area (Å²) < 4.78 is 11.2. The Bertz CT molecular complexity index is 1110. The fourth-order valence-corrected chi connectivity index (χ4v) is 8.78. The van der Waals surface area contributed by atoms with Crippen LogP contribution in [0, 0.1) is 0 Å². The number of amides is 1. The van der Waals surface area contributed by atoms with Crippen molar-refractivity contribution in [3.8, 4) is 0 Å². The van der Waals surface area contributed by atoms with Crippen LogP contribution < -0.4 is 5.32 Å². The van der Waals surface area contributed by atoms with Crippen LogP contribution in [0.5, 0.6) is 0 Å². The Morgan fingerprint density at radius 2 is 0.877 bits per heavy atom. The van der Waals surface area contributed by atoms with Crippen LogP contribution in [0.15, 0.2) is 36.5 Å². The number of unbranched alkanes of at least 4 members (excludes halogenated alkanes) is 33. The lowest BCUT2D eigenvalue weighted by atomic mass is 9.99. The van der Waals surface area contributed by atoms with Crippen LogP contribution >= 0.6 is 0 Å². The van der Waals surface area contributed by atoms with E-state index in [2.05, 4.69) is 43.5 Å². The van der Waals surface area contributed by atoms with E-state index in [1.807, 2.05) is 6.08 Å². The summed E-state index contributed by atoms with van der Waals surface area (Å²) in [6, 6.07) is -0.825. The highest BCUT2D eigenvalue weighted by molar-refractivity contribution is 5.76. The molecular weight excluding hydrogens is 815 g/mol. The first-order valence-corrected chi connectivity index (χ1v) is 27.7. The maximum atomic E-state index is 13.0. The van der Waals surface area contributed by atoms with E-state index in [9.17, 15) is 30.3 Å². The first-order valence-electron chi connectivity index (χ1n) is 27.7. The molecule has 9 nitrogen and oxygen atoms in total. The van der Waals surface area contributed by atoms with Gasteiger partial charge >= 0.3 is 0 Å². The van der Waals surface area contributed by atoms with Gasteiger partial charge in [0.25, 0.3) is 0 Å². The zero-order valence-electron chi connectivity index (χ0n) is 42.3. The van der Waals surface area contributed by atoms with Gasteiger partial charge in [0.2, 0.25) is 5.91 Å². The molecule has 1 fully saturated rings. The smallest absolute Gasteiger partial charge is 0.220 e. The lowest BCUT2D eigenvalue weighted by Gasteiger charge is -2.40. The molecule has 1 rings (SSSR count). The fourth-order valence-electron chi connectivity index (χ4n) is 8.78. The topological polar surface area (TPSA) is 149 Å². The number of rotatable bonds is 47. The first kappa shape index (κ1) is 61.4. The standard InChI is InChI=1S/C56H105NO8/c1-3-5-7-9-11-13-15-17-19-21-22-23-24-25-26-27-28-29-30-31-33-35-37-39-41-43-45-50(59)49(48-64-56-55(63)54(62)53(61)51(47-58)65-56)57-52(60)46-44-42-40-38-36-34-32-20-18-16-14-12-10-8-6-4-2/h29-30,35,37,43,45,49-51,53-56,58-59,61-63H,3-28,31-34,36,38-42,44,46-48H2,1-2H3,(H,57,60)/b30-29+,37-35+,45-43+. The maximum absolute atomic E-state index is 13.0. The second kappa shape index (κ2) is 46.2. The molecule has 7 atom stereocenters. The first-order chi connectivity index (χ1) is 31.8. The molecule has 0 saturated carbocycles. The SMILES string of the molecule is CCCCCCCCCCCCCCCCCC/C=C/CC/C=C/CC/C=C/C(O)C(COC1OC(CO)C(O)C(O)C1O)NC(=O)CCCCCCCCCCCCCCCCCC. The van der Waals surface area contributed by atoms with Gasteiger partial charge in [-0.15, -0.1) is 0 Å². The predicted molar refractivity (Wildman–Crippen MR) is 272 cm³/mol. The summed E-state index contributed by atoms with van der Waals surface area (Å²) in [6.45, 7) is 3.78. The zero-order valence-corrected chi connectivity index (χ0v) is 42.3. The summed E-state index contributed by atoms with van der Waals surface area (Å²) in [5, 5.41) is 54.4. The van der Waals surface area contributed by atoms with Crippen LogP contribution in [0.2, 0.25) is 0 Å². The van der Waals surface area contributed by atoms with Gasteiger partial charge in [-0.3, -0.25) is 4.79 Å². The summed E-state index contributed by atoms with van der Waals surface area (Å²) in [7, 11) is 0. The third-order valence-electron chi connectivity index (χ3n) is 13.2. The number of carbonyl (C=O) groups is 1. The van der Waals surface area contributed by atoms with E-state index >= 15 is 0 Å². The minimum atomic E-state index is -1.57. The largest absolute Gasteiger partial charge is 0.394 e. The summed E-state index contributed by atoms with van der Waals surface area (Å²) in [5.74, 6) is -0.188. The Hall–Kier alpha value is -1.59. The maximum Gasteiger partial charge on any atom is 0.220 e. The number of carbonyl (C=O) groups excluding carboxylic acids is 1. The fraction of sp³-hybridized carbons (Fsp3) is 0.875. The Labute approximate surface area is 400 Å².